The summed E-state index contributed by atoms with van der Waals surface area (Å²) in [6, 6.07) is 10.1. The Bertz CT molecular complexity index is 433. The topological polar surface area (TPSA) is 44.1 Å². The van der Waals surface area contributed by atoms with Crippen molar-refractivity contribution in [3.8, 4) is 6.07 Å². The van der Waals surface area contributed by atoms with E-state index in [4.69, 9.17) is 5.26 Å². The van der Waals surface area contributed by atoms with Crippen LogP contribution in [0.15, 0.2) is 24.3 Å². The van der Waals surface area contributed by atoms with Crippen molar-refractivity contribution >= 4 is 6.41 Å². The third-order valence-corrected chi connectivity index (χ3v) is 3.62. The number of carbonyl (C=O) groups is 1. The van der Waals surface area contributed by atoms with Crippen molar-refractivity contribution in [1.82, 2.24) is 4.90 Å². The van der Waals surface area contributed by atoms with Crippen LogP contribution in [-0.2, 0) is 4.79 Å². The summed E-state index contributed by atoms with van der Waals surface area (Å²) in [5.74, 6) is 0.329. The van der Waals surface area contributed by atoms with Crippen molar-refractivity contribution in [1.29, 1.82) is 5.26 Å². The van der Waals surface area contributed by atoms with Crippen molar-refractivity contribution < 1.29 is 4.79 Å². The molecule has 3 nitrogen and oxygen atoms in total. The lowest BCUT2D eigenvalue weighted by atomic mass is 9.91. The molecule has 1 aromatic carbocycles. The number of carbonyl (C=O) groups excluding carboxylic acids is 1. The number of benzene rings is 1. The van der Waals surface area contributed by atoms with Gasteiger partial charge in [-0.2, -0.15) is 5.26 Å². The summed E-state index contributed by atoms with van der Waals surface area (Å²) in [5.41, 5.74) is 1.88. The van der Waals surface area contributed by atoms with Gasteiger partial charge in [-0.05, 0) is 30.5 Å². The highest BCUT2D eigenvalue weighted by atomic mass is 16.1. The molecular formula is C14H16N2O. The predicted octanol–water partition coefficient (Wildman–Crippen LogP) is 2.28. The molecule has 2 unspecified atom stereocenters. The molecule has 2 atom stereocenters. The fourth-order valence-corrected chi connectivity index (χ4v) is 2.57. The lowest BCUT2D eigenvalue weighted by molar-refractivity contribution is -0.119. The second-order valence-corrected chi connectivity index (χ2v) is 4.58. The second-order valence-electron chi connectivity index (χ2n) is 4.58. The largest absolute Gasteiger partial charge is 0.342 e. The van der Waals surface area contributed by atoms with E-state index >= 15 is 0 Å². The Balaban J connectivity index is 2.16. The van der Waals surface area contributed by atoms with Crippen LogP contribution in [0.3, 0.4) is 0 Å². The zero-order chi connectivity index (χ0) is 12.3. The van der Waals surface area contributed by atoms with Crippen molar-refractivity contribution in [3.63, 3.8) is 0 Å². The van der Waals surface area contributed by atoms with E-state index in [0.717, 1.165) is 25.8 Å². The zero-order valence-corrected chi connectivity index (χ0v) is 9.97. The molecule has 0 saturated carbocycles. The maximum atomic E-state index is 10.9. The van der Waals surface area contributed by atoms with Crippen LogP contribution in [0.4, 0.5) is 0 Å². The van der Waals surface area contributed by atoms with E-state index in [1.807, 2.05) is 29.2 Å². The summed E-state index contributed by atoms with van der Waals surface area (Å²) in [6.07, 6.45) is 3.11. The third-order valence-electron chi connectivity index (χ3n) is 3.62. The first kappa shape index (κ1) is 11.7. The van der Waals surface area contributed by atoms with E-state index in [2.05, 4.69) is 13.0 Å². The van der Waals surface area contributed by atoms with Crippen LogP contribution in [0.25, 0.3) is 0 Å². The van der Waals surface area contributed by atoms with Gasteiger partial charge >= 0.3 is 0 Å². The lowest BCUT2D eigenvalue weighted by Crippen LogP contribution is -2.32. The van der Waals surface area contributed by atoms with Gasteiger partial charge in [0.25, 0.3) is 0 Å². The molecule has 1 aliphatic rings. The van der Waals surface area contributed by atoms with Crippen LogP contribution < -0.4 is 0 Å². The highest BCUT2D eigenvalue weighted by Gasteiger charge is 2.28. The second kappa shape index (κ2) is 5.01. The Morgan fingerprint density at radius 3 is 2.76 bits per heavy atom. The Morgan fingerprint density at radius 1 is 1.47 bits per heavy atom. The van der Waals surface area contributed by atoms with E-state index in [1.54, 1.807) is 0 Å². The van der Waals surface area contributed by atoms with Gasteiger partial charge in [0.15, 0.2) is 0 Å². The van der Waals surface area contributed by atoms with E-state index < -0.39 is 0 Å². The number of nitriles is 1. The monoisotopic (exact) mass is 228 g/mol. The number of nitrogens with zero attached hydrogens (tertiary/aromatic N) is 2. The van der Waals surface area contributed by atoms with Gasteiger partial charge in [0.2, 0.25) is 6.41 Å². The van der Waals surface area contributed by atoms with Crippen LogP contribution in [-0.4, -0.2) is 23.9 Å². The van der Waals surface area contributed by atoms with Gasteiger partial charge in [-0.1, -0.05) is 19.1 Å². The molecule has 1 heterocycles. The number of rotatable bonds is 3. The number of likely N-dealkylation sites (tertiary alicyclic amines) is 1. The fraction of sp³-hybridized carbons (Fsp3) is 0.429. The van der Waals surface area contributed by atoms with Crippen LogP contribution in [0.2, 0.25) is 0 Å². The molecule has 1 saturated heterocycles. The Morgan fingerprint density at radius 2 is 2.18 bits per heavy atom. The van der Waals surface area contributed by atoms with Gasteiger partial charge in [0.05, 0.1) is 11.6 Å². The molecule has 0 aromatic heterocycles. The molecule has 1 aliphatic heterocycles. The summed E-state index contributed by atoms with van der Waals surface area (Å²) in [7, 11) is 0. The average Bonchev–Trinajstić information content (AvgIpc) is 2.86. The first-order chi connectivity index (χ1) is 8.26. The molecule has 3 heteroatoms. The molecule has 0 N–H and O–H groups in total. The predicted molar refractivity (Wildman–Crippen MR) is 65.4 cm³/mol. The maximum absolute atomic E-state index is 10.9. The zero-order valence-electron chi connectivity index (χ0n) is 9.97. The van der Waals surface area contributed by atoms with E-state index in [9.17, 15) is 4.79 Å². The van der Waals surface area contributed by atoms with Crippen LogP contribution in [0.5, 0.6) is 0 Å². The Labute approximate surface area is 102 Å². The van der Waals surface area contributed by atoms with Crippen molar-refractivity contribution in [2.24, 2.45) is 0 Å². The first-order valence-corrected chi connectivity index (χ1v) is 5.97. The molecule has 1 aromatic rings. The summed E-state index contributed by atoms with van der Waals surface area (Å²) < 4.78 is 0. The highest BCUT2D eigenvalue weighted by Crippen LogP contribution is 2.29. The lowest BCUT2D eigenvalue weighted by Gasteiger charge is -2.26. The molecule has 0 aliphatic carbocycles. The number of amides is 1. The minimum absolute atomic E-state index is 0.306. The van der Waals surface area contributed by atoms with Gasteiger partial charge in [-0.25, -0.2) is 0 Å². The van der Waals surface area contributed by atoms with Crippen LogP contribution >= 0.6 is 0 Å². The maximum Gasteiger partial charge on any atom is 0.209 e. The average molecular weight is 228 g/mol. The van der Waals surface area contributed by atoms with Gasteiger partial charge in [-0.3, -0.25) is 4.79 Å². The number of hydrogen-bond donors (Lipinski definition) is 0. The fourth-order valence-electron chi connectivity index (χ4n) is 2.57. The van der Waals surface area contributed by atoms with E-state index in [0.29, 0.717) is 17.5 Å². The van der Waals surface area contributed by atoms with Crippen molar-refractivity contribution in [2.75, 3.05) is 6.54 Å². The Hall–Kier alpha value is -1.82. The van der Waals surface area contributed by atoms with Crippen molar-refractivity contribution in [3.05, 3.63) is 35.4 Å². The van der Waals surface area contributed by atoms with Crippen molar-refractivity contribution in [2.45, 2.75) is 31.7 Å². The smallest absolute Gasteiger partial charge is 0.209 e. The van der Waals surface area contributed by atoms with Gasteiger partial charge in [0.1, 0.15) is 0 Å². The number of hydrogen-bond acceptors (Lipinski definition) is 2. The molecule has 0 spiro atoms. The standard InChI is InChI=1S/C14H16N2O/c1-11(14-3-2-8-16(14)10-17)13-6-4-12(9-15)5-7-13/h4-7,10-11,14H,2-3,8H2,1H3. The minimum atomic E-state index is 0.306. The van der Waals surface area contributed by atoms with Gasteiger partial charge in [-0.15, -0.1) is 0 Å². The van der Waals surface area contributed by atoms with Crippen LogP contribution in [0.1, 0.15) is 36.8 Å². The molecule has 17 heavy (non-hydrogen) atoms. The summed E-state index contributed by atoms with van der Waals surface area (Å²) in [4.78, 5) is 12.8. The molecule has 1 amide bonds. The minimum Gasteiger partial charge on any atom is -0.342 e. The Kier molecular flexibility index (Phi) is 3.43. The van der Waals surface area contributed by atoms with Crippen LogP contribution in [0, 0.1) is 11.3 Å². The van der Waals surface area contributed by atoms with E-state index in [1.165, 1.54) is 5.56 Å². The normalized spacial score (nSPS) is 20.9. The molecule has 2 rings (SSSR count). The summed E-state index contributed by atoms with van der Waals surface area (Å²) in [5, 5.41) is 8.75. The summed E-state index contributed by atoms with van der Waals surface area (Å²) >= 11 is 0. The molecule has 88 valence electrons. The SMILES string of the molecule is CC(c1ccc(C#N)cc1)C1CCCN1C=O. The molecule has 0 radical (unpaired) electrons. The molecular weight excluding hydrogens is 212 g/mol. The molecule has 1 fully saturated rings. The van der Waals surface area contributed by atoms with E-state index in [-0.39, 0.29) is 0 Å². The van der Waals surface area contributed by atoms with Gasteiger partial charge in [0, 0.05) is 18.5 Å². The highest BCUT2D eigenvalue weighted by molar-refractivity contribution is 5.49. The first-order valence-electron chi connectivity index (χ1n) is 5.97. The third kappa shape index (κ3) is 2.31. The molecule has 0 bridgehead atoms. The van der Waals surface area contributed by atoms with Gasteiger partial charge < -0.3 is 4.90 Å². The quantitative estimate of drug-likeness (QED) is 0.745. The summed E-state index contributed by atoms with van der Waals surface area (Å²) in [6.45, 7) is 3.02.